The first-order valence-corrected chi connectivity index (χ1v) is 9.21. The molecular formula is C19H23FN2O4. The van der Waals surface area contributed by atoms with Crippen molar-refractivity contribution in [1.82, 2.24) is 10.2 Å². The van der Waals surface area contributed by atoms with Gasteiger partial charge in [-0.05, 0) is 37.7 Å². The molecule has 0 bridgehead atoms. The summed E-state index contributed by atoms with van der Waals surface area (Å²) in [5.74, 6) is -0.664. The number of likely N-dealkylation sites (tertiary alicyclic amines) is 1. The van der Waals surface area contributed by atoms with Gasteiger partial charge in [0.05, 0.1) is 18.1 Å². The number of benzene rings is 1. The van der Waals surface area contributed by atoms with E-state index in [4.69, 9.17) is 4.74 Å². The largest absolute Gasteiger partial charge is 0.493 e. The minimum Gasteiger partial charge on any atom is -0.493 e. The summed E-state index contributed by atoms with van der Waals surface area (Å²) in [5.41, 5.74) is -0.0186. The Balaban J connectivity index is 1.50. The number of carbonyl (C=O) groups excluding carboxylic acids is 1. The smallest absolute Gasteiger partial charge is 0.317 e. The van der Waals surface area contributed by atoms with E-state index < -0.39 is 11.4 Å². The molecule has 140 valence electrons. The minimum absolute atomic E-state index is 0.0320. The van der Waals surface area contributed by atoms with Crippen LogP contribution in [0.1, 0.15) is 43.7 Å². The van der Waals surface area contributed by atoms with Crippen molar-refractivity contribution in [2.75, 3.05) is 19.7 Å². The van der Waals surface area contributed by atoms with Crippen LogP contribution in [0.2, 0.25) is 0 Å². The second kappa shape index (κ2) is 6.45. The molecule has 2 aliphatic heterocycles. The number of hydrogen-bond donors (Lipinski definition) is 2. The fourth-order valence-corrected chi connectivity index (χ4v) is 4.73. The van der Waals surface area contributed by atoms with Crippen LogP contribution < -0.4 is 10.1 Å². The predicted octanol–water partition coefficient (Wildman–Crippen LogP) is 2.94. The Morgan fingerprint density at radius 1 is 1.31 bits per heavy atom. The van der Waals surface area contributed by atoms with E-state index in [-0.39, 0.29) is 30.4 Å². The van der Waals surface area contributed by atoms with Gasteiger partial charge in [0, 0.05) is 24.7 Å². The number of hydrogen-bond acceptors (Lipinski definition) is 3. The number of nitrogens with one attached hydrogen (secondary N) is 1. The molecule has 4 rings (SSSR count). The molecular weight excluding hydrogens is 339 g/mol. The second-order valence-corrected chi connectivity index (χ2v) is 7.61. The number of amides is 2. The van der Waals surface area contributed by atoms with E-state index in [0.717, 1.165) is 24.8 Å². The van der Waals surface area contributed by atoms with Crippen molar-refractivity contribution in [2.24, 2.45) is 11.3 Å². The number of carboxylic acid groups (broad SMARTS) is 1. The molecule has 1 unspecified atom stereocenters. The molecule has 7 heteroatoms. The van der Waals surface area contributed by atoms with Crippen LogP contribution in [0, 0.1) is 17.2 Å². The zero-order valence-electron chi connectivity index (χ0n) is 14.5. The Morgan fingerprint density at radius 2 is 2.15 bits per heavy atom. The highest BCUT2D eigenvalue weighted by Crippen LogP contribution is 2.49. The van der Waals surface area contributed by atoms with E-state index in [1.807, 2.05) is 0 Å². The topological polar surface area (TPSA) is 78.9 Å². The van der Waals surface area contributed by atoms with Gasteiger partial charge in [0.15, 0.2) is 0 Å². The molecule has 2 N–H and O–H groups in total. The number of carbonyl (C=O) groups is 2. The van der Waals surface area contributed by atoms with Crippen LogP contribution >= 0.6 is 0 Å². The van der Waals surface area contributed by atoms with Crippen molar-refractivity contribution in [3.8, 4) is 5.75 Å². The molecule has 0 radical (unpaired) electrons. The number of halogens is 1. The third-order valence-corrected chi connectivity index (χ3v) is 6.13. The quantitative estimate of drug-likeness (QED) is 0.848. The number of nitrogens with zero attached hydrogens (tertiary/aromatic N) is 1. The van der Waals surface area contributed by atoms with Gasteiger partial charge in [0.2, 0.25) is 0 Å². The highest BCUT2D eigenvalue weighted by molar-refractivity contribution is 5.81. The number of rotatable bonds is 2. The highest BCUT2D eigenvalue weighted by Gasteiger charge is 2.55. The molecule has 1 saturated heterocycles. The SMILES string of the molecule is O=C(NC1CCCOc2cc(F)ccc21)N1C[C@@H]2CCC[C@@]2(C(=O)O)C1. The van der Waals surface area contributed by atoms with Gasteiger partial charge in [-0.3, -0.25) is 4.79 Å². The molecule has 3 atom stereocenters. The summed E-state index contributed by atoms with van der Waals surface area (Å²) in [5, 5.41) is 12.7. The van der Waals surface area contributed by atoms with Gasteiger partial charge in [-0.25, -0.2) is 9.18 Å². The lowest BCUT2D eigenvalue weighted by Gasteiger charge is -2.25. The normalized spacial score (nSPS) is 30.1. The van der Waals surface area contributed by atoms with Crippen LogP contribution in [0.4, 0.5) is 9.18 Å². The first kappa shape index (κ1) is 17.1. The van der Waals surface area contributed by atoms with Gasteiger partial charge < -0.3 is 20.1 Å². The summed E-state index contributed by atoms with van der Waals surface area (Å²) in [6, 6.07) is 3.86. The third-order valence-electron chi connectivity index (χ3n) is 6.13. The fraction of sp³-hybridized carbons (Fsp3) is 0.579. The molecule has 1 aliphatic carbocycles. The molecule has 0 aromatic heterocycles. The average molecular weight is 362 g/mol. The monoisotopic (exact) mass is 362 g/mol. The van der Waals surface area contributed by atoms with Gasteiger partial charge in [0.1, 0.15) is 11.6 Å². The Morgan fingerprint density at radius 3 is 2.92 bits per heavy atom. The number of fused-ring (bicyclic) bond motifs is 2. The molecule has 3 aliphatic rings. The zero-order valence-corrected chi connectivity index (χ0v) is 14.5. The van der Waals surface area contributed by atoms with Crippen molar-refractivity contribution >= 4 is 12.0 Å². The predicted molar refractivity (Wildman–Crippen MR) is 91.4 cm³/mol. The summed E-state index contributed by atoms with van der Waals surface area (Å²) in [6.07, 6.45) is 3.85. The molecule has 2 heterocycles. The lowest BCUT2D eigenvalue weighted by molar-refractivity contribution is -0.149. The molecule has 0 spiro atoms. The maximum Gasteiger partial charge on any atom is 0.317 e. The van der Waals surface area contributed by atoms with Crippen molar-refractivity contribution in [2.45, 2.75) is 38.1 Å². The van der Waals surface area contributed by atoms with E-state index in [2.05, 4.69) is 5.32 Å². The van der Waals surface area contributed by atoms with Gasteiger partial charge in [-0.15, -0.1) is 0 Å². The fourth-order valence-electron chi connectivity index (χ4n) is 4.73. The summed E-state index contributed by atoms with van der Waals surface area (Å²) >= 11 is 0. The van der Waals surface area contributed by atoms with Crippen LogP contribution in [-0.4, -0.2) is 41.7 Å². The van der Waals surface area contributed by atoms with E-state index in [0.29, 0.717) is 31.7 Å². The van der Waals surface area contributed by atoms with Crippen molar-refractivity contribution in [3.05, 3.63) is 29.6 Å². The summed E-state index contributed by atoms with van der Waals surface area (Å²) < 4.78 is 19.1. The second-order valence-electron chi connectivity index (χ2n) is 7.61. The highest BCUT2D eigenvalue weighted by atomic mass is 19.1. The molecule has 2 amide bonds. The van der Waals surface area contributed by atoms with E-state index in [1.165, 1.54) is 12.1 Å². The molecule has 1 aromatic carbocycles. The average Bonchev–Trinajstić information content (AvgIpc) is 3.10. The third kappa shape index (κ3) is 2.79. The van der Waals surface area contributed by atoms with Crippen LogP contribution in [0.15, 0.2) is 18.2 Å². The lowest BCUT2D eigenvalue weighted by Crippen LogP contribution is -2.42. The van der Waals surface area contributed by atoms with Crippen LogP contribution in [0.3, 0.4) is 0 Å². The number of carboxylic acids is 1. The Kier molecular flexibility index (Phi) is 4.25. The van der Waals surface area contributed by atoms with Gasteiger partial charge in [-0.1, -0.05) is 12.5 Å². The summed E-state index contributed by atoms with van der Waals surface area (Å²) in [7, 11) is 0. The Labute approximate surface area is 151 Å². The Hall–Kier alpha value is -2.31. The molecule has 6 nitrogen and oxygen atoms in total. The van der Waals surface area contributed by atoms with Crippen molar-refractivity contribution in [1.29, 1.82) is 0 Å². The van der Waals surface area contributed by atoms with Crippen molar-refractivity contribution in [3.63, 3.8) is 0 Å². The molecule has 1 aromatic rings. The van der Waals surface area contributed by atoms with Gasteiger partial charge in [0.25, 0.3) is 0 Å². The van der Waals surface area contributed by atoms with E-state index in [9.17, 15) is 19.1 Å². The Bertz CT molecular complexity index is 740. The molecule has 26 heavy (non-hydrogen) atoms. The number of ether oxygens (including phenoxy) is 1. The van der Waals surface area contributed by atoms with Gasteiger partial charge >= 0.3 is 12.0 Å². The maximum atomic E-state index is 13.5. The first-order valence-electron chi connectivity index (χ1n) is 9.21. The zero-order chi connectivity index (χ0) is 18.3. The molecule has 1 saturated carbocycles. The van der Waals surface area contributed by atoms with Crippen LogP contribution in [0.25, 0.3) is 0 Å². The van der Waals surface area contributed by atoms with Gasteiger partial charge in [-0.2, -0.15) is 0 Å². The summed E-state index contributed by atoms with van der Waals surface area (Å²) in [4.78, 5) is 26.2. The summed E-state index contributed by atoms with van der Waals surface area (Å²) in [6.45, 7) is 1.23. The number of aliphatic carboxylic acids is 1. The minimum atomic E-state index is -0.793. The van der Waals surface area contributed by atoms with Crippen LogP contribution in [-0.2, 0) is 4.79 Å². The van der Waals surface area contributed by atoms with E-state index >= 15 is 0 Å². The number of urea groups is 1. The first-order chi connectivity index (χ1) is 12.5. The van der Waals surface area contributed by atoms with Crippen molar-refractivity contribution < 1.29 is 23.8 Å². The standard InChI is InChI=1S/C19H23FN2O4/c20-13-5-6-14-15(4-2-8-26-16(14)9-13)21-18(25)22-10-12-3-1-7-19(12,11-22)17(23)24/h5-6,9,12,15H,1-4,7-8,10-11H2,(H,21,25)(H,23,24)/t12-,15?,19+/m0/s1. The lowest BCUT2D eigenvalue weighted by atomic mass is 9.81. The maximum absolute atomic E-state index is 13.5. The van der Waals surface area contributed by atoms with Crippen LogP contribution in [0.5, 0.6) is 5.75 Å². The molecule has 2 fully saturated rings. The van der Waals surface area contributed by atoms with E-state index in [1.54, 1.807) is 11.0 Å².